The molecule has 2 atom stereocenters. The third-order valence-electron chi connectivity index (χ3n) is 6.02. The summed E-state index contributed by atoms with van der Waals surface area (Å²) in [5.74, 6) is 0.0258. The molecule has 1 aromatic heterocycles. The Morgan fingerprint density at radius 3 is 2.66 bits per heavy atom. The number of alkyl halides is 3. The molecular weight excluding hydrogens is 530 g/mol. The van der Waals surface area contributed by atoms with Gasteiger partial charge in [0.1, 0.15) is 0 Å². The molecular formula is C25H29ClF3OSY-. The minimum Gasteiger partial charge on any atom is -0.388 e. The SMILES string of the molecule is CCCCCC(O)c1ccc(C2=C(Cl)CC[C@@H]2CCCc2cc[c-]s2)c(C(F)(F)F)c1.[Y]. The van der Waals surface area contributed by atoms with Crippen molar-refractivity contribution in [3.05, 3.63) is 62.3 Å². The van der Waals surface area contributed by atoms with Gasteiger partial charge in [0.15, 0.2) is 0 Å². The van der Waals surface area contributed by atoms with Crippen LogP contribution in [0.25, 0.3) is 5.57 Å². The number of benzene rings is 1. The van der Waals surface area contributed by atoms with Crippen molar-refractivity contribution in [3.8, 4) is 0 Å². The Morgan fingerprint density at radius 2 is 2.00 bits per heavy atom. The first-order valence-corrected chi connectivity index (χ1v) is 12.2. The Morgan fingerprint density at radius 1 is 1.22 bits per heavy atom. The molecule has 1 unspecified atom stereocenters. The molecule has 0 bridgehead atoms. The summed E-state index contributed by atoms with van der Waals surface area (Å²) in [6.07, 6.45) is 1.85. The van der Waals surface area contributed by atoms with Gasteiger partial charge < -0.3 is 16.4 Å². The van der Waals surface area contributed by atoms with E-state index in [4.69, 9.17) is 11.6 Å². The van der Waals surface area contributed by atoms with E-state index in [9.17, 15) is 18.3 Å². The first kappa shape index (κ1) is 28.0. The van der Waals surface area contributed by atoms with Crippen LogP contribution >= 0.6 is 22.9 Å². The summed E-state index contributed by atoms with van der Waals surface area (Å²) in [5.41, 5.74) is 0.451. The van der Waals surface area contributed by atoms with E-state index in [1.165, 1.54) is 10.9 Å². The van der Waals surface area contributed by atoms with E-state index in [2.05, 4.69) is 12.3 Å². The van der Waals surface area contributed by atoms with Crippen LogP contribution in [0.5, 0.6) is 0 Å². The quantitative estimate of drug-likeness (QED) is 0.229. The van der Waals surface area contributed by atoms with Gasteiger partial charge in [-0.1, -0.05) is 62.8 Å². The van der Waals surface area contributed by atoms with Crippen LogP contribution in [-0.4, -0.2) is 5.11 Å². The molecule has 0 fully saturated rings. The number of rotatable bonds is 10. The van der Waals surface area contributed by atoms with Crippen molar-refractivity contribution in [3.63, 3.8) is 0 Å². The molecule has 1 heterocycles. The molecule has 0 amide bonds. The van der Waals surface area contributed by atoms with Gasteiger partial charge in [-0.15, -0.1) is 10.3 Å². The van der Waals surface area contributed by atoms with E-state index >= 15 is 0 Å². The van der Waals surface area contributed by atoms with Crippen LogP contribution < -0.4 is 0 Å². The fraction of sp³-hybridized carbons (Fsp3) is 0.520. The van der Waals surface area contributed by atoms with Gasteiger partial charge in [0.05, 0.1) is 11.7 Å². The molecule has 1 aliphatic carbocycles. The Hall–Kier alpha value is -0.196. The van der Waals surface area contributed by atoms with E-state index in [-0.39, 0.29) is 44.2 Å². The third-order valence-corrected chi connectivity index (χ3v) is 7.27. The average Bonchev–Trinajstić information content (AvgIpc) is 3.37. The van der Waals surface area contributed by atoms with Crippen molar-refractivity contribution >= 4 is 28.5 Å². The Bertz CT molecular complexity index is 880. The van der Waals surface area contributed by atoms with Crippen molar-refractivity contribution in [2.24, 2.45) is 5.92 Å². The molecule has 0 aliphatic heterocycles. The molecule has 0 saturated heterocycles. The molecule has 1 N–H and O–H groups in total. The Balaban J connectivity index is 0.00000363. The molecule has 32 heavy (non-hydrogen) atoms. The maximum Gasteiger partial charge on any atom is 0.417 e. The van der Waals surface area contributed by atoms with Crippen molar-refractivity contribution < 1.29 is 51.0 Å². The molecule has 7 heteroatoms. The topological polar surface area (TPSA) is 20.2 Å². The summed E-state index contributed by atoms with van der Waals surface area (Å²) in [4.78, 5) is 1.24. The fourth-order valence-corrected chi connectivity index (χ4v) is 5.41. The summed E-state index contributed by atoms with van der Waals surface area (Å²) in [6, 6.07) is 8.21. The van der Waals surface area contributed by atoms with Crippen molar-refractivity contribution in [2.45, 2.75) is 77.0 Å². The number of hydrogen-bond acceptors (Lipinski definition) is 2. The number of aliphatic hydroxyl groups excluding tert-OH is 1. The van der Waals surface area contributed by atoms with E-state index in [1.807, 2.05) is 12.1 Å². The summed E-state index contributed by atoms with van der Waals surface area (Å²) in [5, 5.41) is 14.0. The number of halogens is 4. The molecule has 0 saturated carbocycles. The van der Waals surface area contributed by atoms with Gasteiger partial charge in [-0.3, -0.25) is 0 Å². The van der Waals surface area contributed by atoms with E-state index in [0.29, 0.717) is 29.0 Å². The van der Waals surface area contributed by atoms with E-state index in [0.717, 1.165) is 51.0 Å². The predicted molar refractivity (Wildman–Crippen MR) is 122 cm³/mol. The zero-order valence-corrected chi connectivity index (χ0v) is 22.8. The number of allylic oxidation sites excluding steroid dienone is 2. The Kier molecular flexibility index (Phi) is 11.4. The van der Waals surface area contributed by atoms with Gasteiger partial charge >= 0.3 is 6.18 Å². The first-order valence-electron chi connectivity index (χ1n) is 11.0. The Labute approximate surface area is 223 Å². The molecule has 1 aliphatic rings. The number of hydrogen-bond donors (Lipinski definition) is 1. The standard InChI is InChI=1S/C25H29ClF3OS.Y/c1-2-3-4-10-23(30)18-11-13-20(21(16-18)25(27,28)29)24-17(12-14-22(24)26)7-5-8-19-9-6-15-31-19;/h6,9,11,13,16-17,23,30H,2-5,7-8,10,12,14H2,1H3;/q-1;/t17-,23?;/m0./s1. The van der Waals surface area contributed by atoms with E-state index < -0.39 is 17.8 Å². The molecule has 1 aromatic carbocycles. The number of aliphatic hydroxyl groups is 1. The van der Waals surface area contributed by atoms with Crippen LogP contribution in [-0.2, 0) is 45.3 Å². The van der Waals surface area contributed by atoms with Crippen LogP contribution in [0, 0.1) is 11.3 Å². The second-order valence-corrected chi connectivity index (χ2v) is 9.70. The van der Waals surface area contributed by atoms with Gasteiger partial charge in [0.2, 0.25) is 0 Å². The average molecular weight is 559 g/mol. The number of unbranched alkanes of at least 4 members (excludes halogenated alkanes) is 2. The van der Waals surface area contributed by atoms with Gasteiger partial charge in [-0.05, 0) is 54.4 Å². The maximum atomic E-state index is 14.0. The van der Waals surface area contributed by atoms with Gasteiger partial charge in [0, 0.05) is 37.7 Å². The van der Waals surface area contributed by atoms with Gasteiger partial charge in [-0.25, -0.2) is 6.07 Å². The summed E-state index contributed by atoms with van der Waals surface area (Å²) < 4.78 is 42.0. The van der Waals surface area contributed by atoms with Crippen LogP contribution in [0.2, 0.25) is 0 Å². The molecule has 3 rings (SSSR count). The largest absolute Gasteiger partial charge is 0.417 e. The fourth-order valence-electron chi connectivity index (χ4n) is 4.38. The molecule has 0 spiro atoms. The van der Waals surface area contributed by atoms with Crippen molar-refractivity contribution in [2.75, 3.05) is 0 Å². The monoisotopic (exact) mass is 558 g/mol. The summed E-state index contributed by atoms with van der Waals surface area (Å²) >= 11 is 8.04. The zero-order valence-electron chi connectivity index (χ0n) is 18.4. The van der Waals surface area contributed by atoms with Gasteiger partial charge in [-0.2, -0.15) is 19.2 Å². The summed E-state index contributed by atoms with van der Waals surface area (Å²) in [7, 11) is 0. The van der Waals surface area contributed by atoms with Crippen LogP contribution in [0.4, 0.5) is 13.2 Å². The number of thiophene rings is 1. The molecule has 2 aromatic rings. The summed E-state index contributed by atoms with van der Waals surface area (Å²) in [6.45, 7) is 2.05. The van der Waals surface area contributed by atoms with Crippen molar-refractivity contribution in [1.29, 1.82) is 0 Å². The predicted octanol–water partition coefficient (Wildman–Crippen LogP) is 8.56. The van der Waals surface area contributed by atoms with Crippen molar-refractivity contribution in [1.82, 2.24) is 0 Å². The number of aryl methyl sites for hydroxylation is 1. The second kappa shape index (κ2) is 13.0. The van der Waals surface area contributed by atoms with Crippen LogP contribution in [0.1, 0.15) is 86.0 Å². The first-order chi connectivity index (χ1) is 14.8. The van der Waals surface area contributed by atoms with Crippen LogP contribution in [0.3, 0.4) is 0 Å². The molecule has 1 radical (unpaired) electrons. The molecule has 173 valence electrons. The minimum absolute atomic E-state index is 0. The normalized spacial score (nSPS) is 17.5. The van der Waals surface area contributed by atoms with Crippen LogP contribution in [0.15, 0.2) is 35.4 Å². The zero-order chi connectivity index (χ0) is 22.4. The smallest absolute Gasteiger partial charge is 0.388 e. The maximum absolute atomic E-state index is 14.0. The molecule has 1 nitrogen and oxygen atoms in total. The second-order valence-electron chi connectivity index (χ2n) is 8.28. The minimum atomic E-state index is -4.50. The van der Waals surface area contributed by atoms with Gasteiger partial charge in [0.25, 0.3) is 0 Å². The van der Waals surface area contributed by atoms with E-state index in [1.54, 1.807) is 17.4 Å². The third kappa shape index (κ3) is 7.40.